The van der Waals surface area contributed by atoms with Crippen molar-refractivity contribution in [1.82, 2.24) is 4.98 Å². The van der Waals surface area contributed by atoms with Crippen molar-refractivity contribution in [2.45, 2.75) is 32.3 Å². The molecule has 98 valence electrons. The zero-order valence-electron chi connectivity index (χ0n) is 10.3. The summed E-state index contributed by atoms with van der Waals surface area (Å²) < 4.78 is 10.6. The second-order valence-electron chi connectivity index (χ2n) is 4.26. The molecule has 0 bridgehead atoms. The minimum absolute atomic E-state index is 0.0388. The molecule has 1 fully saturated rings. The second kappa shape index (κ2) is 6.16. The van der Waals surface area contributed by atoms with Crippen LogP contribution < -0.4 is 0 Å². The van der Waals surface area contributed by atoms with Gasteiger partial charge in [0.1, 0.15) is 11.8 Å². The zero-order valence-corrected chi connectivity index (χ0v) is 11.1. The van der Waals surface area contributed by atoms with Crippen LogP contribution in [0, 0.1) is 0 Å². The third kappa shape index (κ3) is 3.43. The highest BCUT2D eigenvalue weighted by Gasteiger charge is 2.18. The van der Waals surface area contributed by atoms with Gasteiger partial charge in [-0.1, -0.05) is 18.5 Å². The molecule has 0 N–H and O–H groups in total. The van der Waals surface area contributed by atoms with Crippen LogP contribution in [0.5, 0.6) is 0 Å². The number of carbonyl (C=O) groups excluding carboxylic acids is 1. The Morgan fingerprint density at radius 1 is 1.61 bits per heavy atom. The lowest BCUT2D eigenvalue weighted by atomic mass is 10.2. The Kier molecular flexibility index (Phi) is 4.55. The number of aryl methyl sites for hydroxylation is 1. The number of rotatable bonds is 4. The maximum Gasteiger partial charge on any atom is 0.338 e. The molecule has 0 amide bonds. The first-order valence-electron chi connectivity index (χ1n) is 6.14. The maximum atomic E-state index is 11.9. The number of carbonyl (C=O) groups is 1. The van der Waals surface area contributed by atoms with E-state index in [0.29, 0.717) is 17.3 Å². The molecule has 0 spiro atoms. The molecule has 1 saturated heterocycles. The Hall–Kier alpha value is -1.13. The summed E-state index contributed by atoms with van der Waals surface area (Å²) in [6.07, 6.45) is 2.75. The van der Waals surface area contributed by atoms with Crippen molar-refractivity contribution >= 4 is 17.6 Å². The number of hydrogen-bond donors (Lipinski definition) is 0. The zero-order chi connectivity index (χ0) is 13.0. The highest BCUT2D eigenvalue weighted by Crippen LogP contribution is 2.15. The standard InChI is InChI=1S/C13H16ClNO3/c1-2-10-6-9(7-12(14)15-10)13(16)18-8-11-4-3-5-17-11/h6-7,11H,2-5,8H2,1H3. The molecule has 0 aliphatic carbocycles. The molecular formula is C13H16ClNO3. The number of esters is 1. The van der Waals surface area contributed by atoms with Gasteiger partial charge in [-0.05, 0) is 31.4 Å². The van der Waals surface area contributed by atoms with Crippen LogP contribution in [0.1, 0.15) is 35.8 Å². The van der Waals surface area contributed by atoms with Crippen LogP contribution in [0.15, 0.2) is 12.1 Å². The molecule has 2 rings (SSSR count). The highest BCUT2D eigenvalue weighted by molar-refractivity contribution is 6.29. The molecule has 1 aromatic heterocycles. The van der Waals surface area contributed by atoms with Gasteiger partial charge in [-0.25, -0.2) is 9.78 Å². The summed E-state index contributed by atoms with van der Waals surface area (Å²) in [5, 5.41) is 0.318. The Morgan fingerprint density at radius 2 is 2.44 bits per heavy atom. The molecule has 0 saturated carbocycles. The van der Waals surface area contributed by atoms with Crippen LogP contribution in [-0.4, -0.2) is 30.3 Å². The summed E-state index contributed by atoms with van der Waals surface area (Å²) in [7, 11) is 0. The molecule has 1 aromatic rings. The fourth-order valence-electron chi connectivity index (χ4n) is 1.88. The van der Waals surface area contributed by atoms with E-state index in [1.165, 1.54) is 6.07 Å². The van der Waals surface area contributed by atoms with Crippen molar-refractivity contribution in [3.8, 4) is 0 Å². The third-order valence-electron chi connectivity index (χ3n) is 2.87. The van der Waals surface area contributed by atoms with Crippen molar-refractivity contribution in [2.75, 3.05) is 13.2 Å². The molecule has 1 unspecified atom stereocenters. The van der Waals surface area contributed by atoms with Crippen LogP contribution in [0.2, 0.25) is 5.15 Å². The van der Waals surface area contributed by atoms with Crippen molar-refractivity contribution in [2.24, 2.45) is 0 Å². The van der Waals surface area contributed by atoms with Gasteiger partial charge in [0.25, 0.3) is 0 Å². The lowest BCUT2D eigenvalue weighted by molar-refractivity contribution is 0.0161. The van der Waals surface area contributed by atoms with Crippen LogP contribution in [0.25, 0.3) is 0 Å². The summed E-state index contributed by atoms with van der Waals surface area (Å²) in [6, 6.07) is 3.24. The predicted molar refractivity (Wildman–Crippen MR) is 67.9 cm³/mol. The Morgan fingerprint density at radius 3 is 3.11 bits per heavy atom. The van der Waals surface area contributed by atoms with Gasteiger partial charge in [0, 0.05) is 12.3 Å². The summed E-state index contributed by atoms with van der Waals surface area (Å²) >= 11 is 5.86. The van der Waals surface area contributed by atoms with Crippen LogP contribution in [-0.2, 0) is 15.9 Å². The average molecular weight is 270 g/mol. The Labute approximate surface area is 111 Å². The smallest absolute Gasteiger partial charge is 0.338 e. The number of aromatic nitrogens is 1. The summed E-state index contributed by atoms with van der Waals surface area (Å²) in [5.74, 6) is -0.371. The molecule has 0 aromatic carbocycles. The summed E-state index contributed by atoms with van der Waals surface area (Å²) in [5.41, 5.74) is 1.23. The minimum atomic E-state index is -0.371. The molecule has 1 aliphatic heterocycles. The first kappa shape index (κ1) is 13.3. The van der Waals surface area contributed by atoms with E-state index in [1.54, 1.807) is 6.07 Å². The molecular weight excluding hydrogens is 254 g/mol. The van der Waals surface area contributed by atoms with Gasteiger partial charge in [0.15, 0.2) is 0 Å². The van der Waals surface area contributed by atoms with Crippen LogP contribution in [0.4, 0.5) is 0 Å². The van der Waals surface area contributed by atoms with Crippen molar-refractivity contribution in [3.63, 3.8) is 0 Å². The maximum absolute atomic E-state index is 11.9. The molecule has 1 atom stereocenters. The largest absolute Gasteiger partial charge is 0.459 e. The van der Waals surface area contributed by atoms with Crippen LogP contribution >= 0.6 is 11.6 Å². The lowest BCUT2D eigenvalue weighted by Crippen LogP contribution is -2.18. The van der Waals surface area contributed by atoms with E-state index >= 15 is 0 Å². The van der Waals surface area contributed by atoms with Crippen LogP contribution in [0.3, 0.4) is 0 Å². The van der Waals surface area contributed by atoms with E-state index in [-0.39, 0.29) is 12.1 Å². The summed E-state index contributed by atoms with van der Waals surface area (Å²) in [6.45, 7) is 3.02. The summed E-state index contributed by atoms with van der Waals surface area (Å²) in [4.78, 5) is 16.0. The lowest BCUT2D eigenvalue weighted by Gasteiger charge is -2.10. The fourth-order valence-corrected chi connectivity index (χ4v) is 2.10. The van der Waals surface area contributed by atoms with Crippen molar-refractivity contribution in [3.05, 3.63) is 28.5 Å². The van der Waals surface area contributed by atoms with Crippen molar-refractivity contribution < 1.29 is 14.3 Å². The number of halogens is 1. The number of hydrogen-bond acceptors (Lipinski definition) is 4. The number of nitrogens with zero attached hydrogens (tertiary/aromatic N) is 1. The monoisotopic (exact) mass is 269 g/mol. The highest BCUT2D eigenvalue weighted by atomic mass is 35.5. The third-order valence-corrected chi connectivity index (χ3v) is 3.06. The van der Waals surface area contributed by atoms with Gasteiger partial charge in [-0.15, -0.1) is 0 Å². The molecule has 0 radical (unpaired) electrons. The first-order chi connectivity index (χ1) is 8.69. The molecule has 18 heavy (non-hydrogen) atoms. The normalized spacial score (nSPS) is 18.9. The van der Waals surface area contributed by atoms with Gasteiger partial charge in [-0.3, -0.25) is 0 Å². The van der Waals surface area contributed by atoms with Gasteiger partial charge in [-0.2, -0.15) is 0 Å². The minimum Gasteiger partial charge on any atom is -0.459 e. The SMILES string of the molecule is CCc1cc(C(=O)OCC2CCCO2)cc(Cl)n1. The number of ether oxygens (including phenoxy) is 2. The van der Waals surface area contributed by atoms with E-state index in [0.717, 1.165) is 31.6 Å². The van der Waals surface area contributed by atoms with Gasteiger partial charge in [0.2, 0.25) is 0 Å². The van der Waals surface area contributed by atoms with E-state index in [9.17, 15) is 4.79 Å². The Bertz CT molecular complexity index is 430. The molecule has 1 aliphatic rings. The van der Waals surface area contributed by atoms with E-state index in [4.69, 9.17) is 21.1 Å². The molecule has 5 heteroatoms. The van der Waals surface area contributed by atoms with E-state index in [1.807, 2.05) is 6.92 Å². The van der Waals surface area contributed by atoms with Gasteiger partial charge >= 0.3 is 5.97 Å². The second-order valence-corrected chi connectivity index (χ2v) is 4.64. The van der Waals surface area contributed by atoms with Gasteiger partial charge in [0.05, 0.1) is 11.7 Å². The predicted octanol–water partition coefficient (Wildman–Crippen LogP) is 2.63. The average Bonchev–Trinajstić information content (AvgIpc) is 2.88. The quantitative estimate of drug-likeness (QED) is 0.623. The molecule has 4 nitrogen and oxygen atoms in total. The van der Waals surface area contributed by atoms with E-state index < -0.39 is 0 Å². The number of pyridine rings is 1. The molecule has 2 heterocycles. The van der Waals surface area contributed by atoms with Crippen molar-refractivity contribution in [1.29, 1.82) is 0 Å². The Balaban J connectivity index is 1.97. The fraction of sp³-hybridized carbons (Fsp3) is 0.538. The van der Waals surface area contributed by atoms with E-state index in [2.05, 4.69) is 4.98 Å². The van der Waals surface area contributed by atoms with Gasteiger partial charge < -0.3 is 9.47 Å². The first-order valence-corrected chi connectivity index (χ1v) is 6.52. The topological polar surface area (TPSA) is 48.4 Å².